The third-order valence-corrected chi connectivity index (χ3v) is 3.43. The number of aldehydes is 1. The zero-order valence-electron chi connectivity index (χ0n) is 10.6. The van der Waals surface area contributed by atoms with Crippen molar-refractivity contribution in [2.45, 2.75) is 6.42 Å². The van der Waals surface area contributed by atoms with Gasteiger partial charge in [-0.15, -0.1) is 0 Å². The fraction of sp³-hybridized carbons (Fsp3) is 0.133. The number of rotatable bonds is 3. The van der Waals surface area contributed by atoms with Crippen molar-refractivity contribution in [1.82, 2.24) is 4.57 Å². The summed E-state index contributed by atoms with van der Waals surface area (Å²) in [6, 6.07) is 8.15. The van der Waals surface area contributed by atoms with E-state index in [4.69, 9.17) is 10.2 Å². The summed E-state index contributed by atoms with van der Waals surface area (Å²) in [4.78, 5) is 11.0. The lowest BCUT2D eigenvalue weighted by Gasteiger charge is -1.99. The first-order chi connectivity index (χ1) is 9.20. The van der Waals surface area contributed by atoms with Gasteiger partial charge in [0, 0.05) is 36.1 Å². The van der Waals surface area contributed by atoms with E-state index in [-0.39, 0.29) is 0 Å². The topological polar surface area (TPSA) is 61.2 Å². The average Bonchev–Trinajstić information content (AvgIpc) is 2.93. The SMILES string of the molecule is Cn1cc(Cc2c(C=O)coc2N)c2ccccc21. The molecule has 0 spiro atoms. The summed E-state index contributed by atoms with van der Waals surface area (Å²) in [6.07, 6.45) is 4.84. The minimum absolute atomic E-state index is 0.315. The van der Waals surface area contributed by atoms with Crippen LogP contribution in [0.15, 0.2) is 41.1 Å². The van der Waals surface area contributed by atoms with Crippen molar-refractivity contribution >= 4 is 23.1 Å². The van der Waals surface area contributed by atoms with E-state index in [1.54, 1.807) is 0 Å². The molecule has 0 fully saturated rings. The van der Waals surface area contributed by atoms with E-state index in [0.717, 1.165) is 22.9 Å². The van der Waals surface area contributed by atoms with Gasteiger partial charge in [0.25, 0.3) is 0 Å². The number of nitrogens with two attached hydrogens (primary N) is 1. The molecule has 2 heterocycles. The molecule has 3 aromatic rings. The minimum Gasteiger partial charge on any atom is -0.448 e. The fourth-order valence-electron chi connectivity index (χ4n) is 2.46. The monoisotopic (exact) mass is 254 g/mol. The van der Waals surface area contributed by atoms with E-state index in [2.05, 4.69) is 22.9 Å². The summed E-state index contributed by atoms with van der Waals surface area (Å²) in [7, 11) is 2.01. The predicted molar refractivity (Wildman–Crippen MR) is 74.2 cm³/mol. The molecule has 0 aliphatic heterocycles. The van der Waals surface area contributed by atoms with Crippen molar-refractivity contribution in [3.05, 3.63) is 53.4 Å². The number of aryl methyl sites for hydroxylation is 1. The van der Waals surface area contributed by atoms with Crippen LogP contribution < -0.4 is 5.73 Å². The van der Waals surface area contributed by atoms with Crippen molar-refractivity contribution < 1.29 is 9.21 Å². The molecule has 0 atom stereocenters. The van der Waals surface area contributed by atoms with Crippen LogP contribution in [0.2, 0.25) is 0 Å². The standard InChI is InChI=1S/C15H14N2O2/c1-17-7-10(12-4-2-3-5-14(12)17)6-13-11(8-18)9-19-15(13)16/h2-5,7-9H,6,16H2,1H3. The number of carbonyl (C=O) groups is 1. The molecule has 0 aliphatic rings. The van der Waals surface area contributed by atoms with E-state index in [1.807, 2.05) is 19.2 Å². The number of carbonyl (C=O) groups excluding carboxylic acids is 1. The van der Waals surface area contributed by atoms with Gasteiger partial charge in [-0.25, -0.2) is 0 Å². The minimum atomic E-state index is 0.315. The molecule has 2 N–H and O–H groups in total. The van der Waals surface area contributed by atoms with Gasteiger partial charge in [0.1, 0.15) is 6.26 Å². The average molecular weight is 254 g/mol. The molecule has 0 bridgehead atoms. The summed E-state index contributed by atoms with van der Waals surface area (Å²) < 4.78 is 7.19. The summed E-state index contributed by atoms with van der Waals surface area (Å²) >= 11 is 0. The third kappa shape index (κ3) is 1.81. The first-order valence-electron chi connectivity index (χ1n) is 6.04. The second kappa shape index (κ2) is 4.31. The van der Waals surface area contributed by atoms with Crippen LogP contribution in [0, 0.1) is 0 Å². The smallest absolute Gasteiger partial charge is 0.194 e. The summed E-state index contributed by atoms with van der Waals surface area (Å²) in [6.45, 7) is 0. The molecule has 4 heteroatoms. The number of fused-ring (bicyclic) bond motifs is 1. The van der Waals surface area contributed by atoms with Crippen LogP contribution in [0.4, 0.5) is 5.88 Å². The van der Waals surface area contributed by atoms with E-state index in [0.29, 0.717) is 17.9 Å². The first kappa shape index (κ1) is 11.6. The number of hydrogen-bond donors (Lipinski definition) is 1. The maximum absolute atomic E-state index is 11.0. The van der Waals surface area contributed by atoms with Crippen LogP contribution in [-0.2, 0) is 13.5 Å². The van der Waals surface area contributed by atoms with Gasteiger partial charge in [0.2, 0.25) is 0 Å². The van der Waals surface area contributed by atoms with E-state index in [1.165, 1.54) is 11.6 Å². The van der Waals surface area contributed by atoms with Gasteiger partial charge in [-0.1, -0.05) is 18.2 Å². The van der Waals surface area contributed by atoms with Crippen LogP contribution in [0.5, 0.6) is 0 Å². The van der Waals surface area contributed by atoms with Crippen molar-refractivity contribution in [3.63, 3.8) is 0 Å². The second-order valence-electron chi connectivity index (χ2n) is 4.61. The lowest BCUT2D eigenvalue weighted by atomic mass is 10.0. The number of nitrogens with zero attached hydrogens (tertiary/aromatic N) is 1. The van der Waals surface area contributed by atoms with Gasteiger partial charge in [0.15, 0.2) is 12.2 Å². The van der Waals surface area contributed by atoms with Crippen LogP contribution in [0.25, 0.3) is 10.9 Å². The molecule has 0 amide bonds. The van der Waals surface area contributed by atoms with Gasteiger partial charge in [0.05, 0.1) is 5.56 Å². The Morgan fingerprint density at radius 1 is 1.37 bits per heavy atom. The molecular weight excluding hydrogens is 240 g/mol. The highest BCUT2D eigenvalue weighted by atomic mass is 16.3. The summed E-state index contributed by atoms with van der Waals surface area (Å²) in [5.41, 5.74) is 9.35. The van der Waals surface area contributed by atoms with Gasteiger partial charge in [-0.05, 0) is 11.6 Å². The molecule has 0 unspecified atom stereocenters. The second-order valence-corrected chi connectivity index (χ2v) is 4.61. The number of anilines is 1. The Morgan fingerprint density at radius 2 is 2.16 bits per heavy atom. The molecule has 96 valence electrons. The third-order valence-electron chi connectivity index (χ3n) is 3.43. The van der Waals surface area contributed by atoms with Crippen LogP contribution in [0.1, 0.15) is 21.5 Å². The number of aromatic nitrogens is 1. The van der Waals surface area contributed by atoms with Crippen LogP contribution in [0.3, 0.4) is 0 Å². The molecule has 0 radical (unpaired) electrons. The quantitative estimate of drug-likeness (QED) is 0.731. The Balaban J connectivity index is 2.11. The molecule has 0 saturated heterocycles. The normalized spacial score (nSPS) is 11.0. The largest absolute Gasteiger partial charge is 0.448 e. The molecule has 1 aromatic carbocycles. The zero-order chi connectivity index (χ0) is 13.4. The van der Waals surface area contributed by atoms with E-state index in [9.17, 15) is 4.79 Å². The van der Waals surface area contributed by atoms with E-state index < -0.39 is 0 Å². The summed E-state index contributed by atoms with van der Waals surface area (Å²) in [5.74, 6) is 0.315. The number of para-hydroxylation sites is 1. The molecule has 3 rings (SSSR count). The number of hydrogen-bond acceptors (Lipinski definition) is 3. The lowest BCUT2D eigenvalue weighted by Crippen LogP contribution is -1.95. The van der Waals surface area contributed by atoms with Gasteiger partial charge >= 0.3 is 0 Å². The number of benzene rings is 1. The molecule has 0 saturated carbocycles. The predicted octanol–water partition coefficient (Wildman–Crippen LogP) is 2.76. The van der Waals surface area contributed by atoms with Crippen molar-refractivity contribution in [1.29, 1.82) is 0 Å². The van der Waals surface area contributed by atoms with Gasteiger partial charge in [-0.3, -0.25) is 4.79 Å². The first-order valence-corrected chi connectivity index (χ1v) is 6.04. The zero-order valence-corrected chi connectivity index (χ0v) is 10.6. The van der Waals surface area contributed by atoms with Gasteiger partial charge in [-0.2, -0.15) is 0 Å². The van der Waals surface area contributed by atoms with Crippen molar-refractivity contribution in [3.8, 4) is 0 Å². The highest BCUT2D eigenvalue weighted by molar-refractivity contribution is 5.85. The molecule has 2 aromatic heterocycles. The Bertz CT molecular complexity index is 753. The fourth-order valence-corrected chi connectivity index (χ4v) is 2.46. The number of furan rings is 1. The van der Waals surface area contributed by atoms with Crippen molar-refractivity contribution in [2.24, 2.45) is 7.05 Å². The van der Waals surface area contributed by atoms with Crippen molar-refractivity contribution in [2.75, 3.05) is 5.73 Å². The summed E-state index contributed by atoms with van der Waals surface area (Å²) in [5, 5.41) is 1.17. The van der Waals surface area contributed by atoms with Crippen LogP contribution in [-0.4, -0.2) is 10.9 Å². The Morgan fingerprint density at radius 3 is 2.95 bits per heavy atom. The Kier molecular flexibility index (Phi) is 2.63. The number of nitrogen functional groups attached to an aromatic ring is 1. The molecule has 4 nitrogen and oxygen atoms in total. The maximum Gasteiger partial charge on any atom is 0.194 e. The van der Waals surface area contributed by atoms with Crippen LogP contribution >= 0.6 is 0 Å². The van der Waals surface area contributed by atoms with Gasteiger partial charge < -0.3 is 14.7 Å². The Labute approximate surface area is 110 Å². The maximum atomic E-state index is 11.0. The van der Waals surface area contributed by atoms with E-state index >= 15 is 0 Å². The highest BCUT2D eigenvalue weighted by Crippen LogP contribution is 2.27. The lowest BCUT2D eigenvalue weighted by molar-refractivity contribution is 0.112. The molecule has 0 aliphatic carbocycles. The Hall–Kier alpha value is -2.49. The highest BCUT2D eigenvalue weighted by Gasteiger charge is 2.14. The molecule has 19 heavy (non-hydrogen) atoms. The molecular formula is C15H14N2O2.